The maximum Gasteiger partial charge on any atom is 0.317 e. The van der Waals surface area contributed by atoms with Gasteiger partial charge in [0.1, 0.15) is 0 Å². The Kier molecular flexibility index (Phi) is 4.14. The highest BCUT2D eigenvalue weighted by molar-refractivity contribution is 5.69. The van der Waals surface area contributed by atoms with Gasteiger partial charge in [-0.2, -0.15) is 0 Å². The summed E-state index contributed by atoms with van der Waals surface area (Å²) in [5.74, 6) is -0.703. The van der Waals surface area contributed by atoms with Gasteiger partial charge >= 0.3 is 5.97 Å². The second kappa shape index (κ2) is 4.97. The Morgan fingerprint density at radius 1 is 1.53 bits per heavy atom. The lowest BCUT2D eigenvalue weighted by Crippen LogP contribution is -2.44. The minimum absolute atomic E-state index is 0.196. The van der Waals surface area contributed by atoms with Crippen molar-refractivity contribution in [2.75, 3.05) is 13.1 Å². The summed E-state index contributed by atoms with van der Waals surface area (Å²) in [6.07, 6.45) is 4.63. The van der Waals surface area contributed by atoms with E-state index in [2.05, 4.69) is 25.7 Å². The summed E-state index contributed by atoms with van der Waals surface area (Å²) in [7, 11) is 0. The van der Waals surface area contributed by atoms with Crippen LogP contribution in [0, 0.1) is 5.41 Å². The zero-order valence-electron chi connectivity index (χ0n) is 10.1. The molecule has 1 aliphatic carbocycles. The third-order valence-corrected chi connectivity index (χ3v) is 3.49. The Morgan fingerprint density at radius 2 is 2.20 bits per heavy atom. The van der Waals surface area contributed by atoms with Gasteiger partial charge in [-0.25, -0.2) is 0 Å². The fourth-order valence-electron chi connectivity index (χ4n) is 2.79. The first-order valence-electron chi connectivity index (χ1n) is 5.93. The van der Waals surface area contributed by atoms with Crippen molar-refractivity contribution in [1.29, 1.82) is 0 Å². The highest BCUT2D eigenvalue weighted by atomic mass is 16.4. The molecule has 1 fully saturated rings. The van der Waals surface area contributed by atoms with Gasteiger partial charge in [-0.05, 0) is 31.2 Å². The van der Waals surface area contributed by atoms with E-state index in [1.54, 1.807) is 0 Å². The van der Waals surface area contributed by atoms with E-state index in [1.807, 2.05) is 0 Å². The molecule has 3 heteroatoms. The first-order chi connectivity index (χ1) is 6.97. The van der Waals surface area contributed by atoms with Crippen LogP contribution in [-0.4, -0.2) is 35.1 Å². The zero-order chi connectivity index (χ0) is 11.5. The molecule has 0 amide bonds. The van der Waals surface area contributed by atoms with Crippen molar-refractivity contribution >= 4 is 5.97 Å². The molecule has 0 aliphatic heterocycles. The van der Waals surface area contributed by atoms with Crippen molar-refractivity contribution in [3.63, 3.8) is 0 Å². The lowest BCUT2D eigenvalue weighted by molar-refractivity contribution is -0.139. The van der Waals surface area contributed by atoms with Crippen LogP contribution in [0.1, 0.15) is 46.5 Å². The van der Waals surface area contributed by atoms with Crippen LogP contribution >= 0.6 is 0 Å². The molecule has 0 aromatic rings. The summed E-state index contributed by atoms with van der Waals surface area (Å²) in [5, 5.41) is 8.90. The van der Waals surface area contributed by atoms with Crippen LogP contribution in [0.3, 0.4) is 0 Å². The molecular formula is C12H23NO2. The maximum atomic E-state index is 10.8. The molecule has 0 aromatic heterocycles. The van der Waals surface area contributed by atoms with E-state index < -0.39 is 5.97 Å². The molecule has 0 saturated heterocycles. The van der Waals surface area contributed by atoms with Gasteiger partial charge in [0.15, 0.2) is 0 Å². The number of nitrogens with zero attached hydrogens (tertiary/aromatic N) is 1. The third kappa shape index (κ3) is 3.20. The van der Waals surface area contributed by atoms with Crippen molar-refractivity contribution in [3.05, 3.63) is 0 Å². The van der Waals surface area contributed by atoms with Crippen LogP contribution in [0.25, 0.3) is 0 Å². The number of hydrogen-bond donors (Lipinski definition) is 1. The number of carboxylic acid groups (broad SMARTS) is 1. The molecule has 1 aliphatic rings. The predicted octanol–water partition coefficient (Wildman–Crippen LogP) is 2.36. The van der Waals surface area contributed by atoms with Crippen LogP contribution in [0.2, 0.25) is 0 Å². The van der Waals surface area contributed by atoms with E-state index in [9.17, 15) is 4.79 Å². The minimum atomic E-state index is -0.703. The molecule has 1 rings (SSSR count). The molecule has 0 radical (unpaired) electrons. The molecule has 1 saturated carbocycles. The number of aliphatic carboxylic acids is 1. The molecule has 0 bridgehead atoms. The molecule has 88 valence electrons. The topological polar surface area (TPSA) is 40.5 Å². The smallest absolute Gasteiger partial charge is 0.317 e. The summed E-state index contributed by atoms with van der Waals surface area (Å²) < 4.78 is 0. The highest BCUT2D eigenvalue weighted by Crippen LogP contribution is 2.40. The Balaban J connectivity index is 2.66. The van der Waals surface area contributed by atoms with Crippen molar-refractivity contribution in [1.82, 2.24) is 4.90 Å². The Labute approximate surface area is 92.5 Å². The zero-order valence-corrected chi connectivity index (χ0v) is 10.1. The number of hydrogen-bond acceptors (Lipinski definition) is 2. The second-order valence-corrected chi connectivity index (χ2v) is 5.26. The number of carboxylic acids is 1. The summed E-state index contributed by atoms with van der Waals surface area (Å²) in [6.45, 7) is 7.73. The van der Waals surface area contributed by atoms with E-state index in [0.29, 0.717) is 6.04 Å². The molecule has 15 heavy (non-hydrogen) atoms. The predicted molar refractivity (Wildman–Crippen MR) is 60.9 cm³/mol. The average molecular weight is 213 g/mol. The monoisotopic (exact) mass is 213 g/mol. The van der Waals surface area contributed by atoms with Gasteiger partial charge in [-0.1, -0.05) is 27.2 Å². The van der Waals surface area contributed by atoms with Crippen molar-refractivity contribution in [2.45, 2.75) is 52.5 Å². The van der Waals surface area contributed by atoms with E-state index >= 15 is 0 Å². The van der Waals surface area contributed by atoms with Crippen LogP contribution in [0.5, 0.6) is 0 Å². The first kappa shape index (κ1) is 12.5. The average Bonchev–Trinajstić information content (AvgIpc) is 2.43. The molecule has 0 heterocycles. The summed E-state index contributed by atoms with van der Waals surface area (Å²) in [4.78, 5) is 13.0. The number of carbonyl (C=O) groups is 1. The number of rotatable bonds is 5. The molecule has 3 nitrogen and oxygen atoms in total. The van der Waals surface area contributed by atoms with E-state index in [1.165, 1.54) is 12.8 Å². The van der Waals surface area contributed by atoms with Gasteiger partial charge in [-0.15, -0.1) is 0 Å². The van der Waals surface area contributed by atoms with Gasteiger partial charge in [0.05, 0.1) is 6.54 Å². The minimum Gasteiger partial charge on any atom is -0.480 e. The fraction of sp³-hybridized carbons (Fsp3) is 0.917. The highest BCUT2D eigenvalue weighted by Gasteiger charge is 2.38. The largest absolute Gasteiger partial charge is 0.480 e. The van der Waals surface area contributed by atoms with Crippen LogP contribution in [0.15, 0.2) is 0 Å². The summed E-state index contributed by atoms with van der Waals surface area (Å²) >= 11 is 0. The van der Waals surface area contributed by atoms with Gasteiger partial charge in [-0.3, -0.25) is 9.69 Å². The first-order valence-corrected chi connectivity index (χ1v) is 5.93. The quantitative estimate of drug-likeness (QED) is 0.762. The van der Waals surface area contributed by atoms with Crippen molar-refractivity contribution in [2.24, 2.45) is 5.41 Å². The van der Waals surface area contributed by atoms with Gasteiger partial charge in [0.25, 0.3) is 0 Å². The van der Waals surface area contributed by atoms with Gasteiger partial charge < -0.3 is 5.11 Å². The maximum absolute atomic E-state index is 10.8. The second-order valence-electron chi connectivity index (χ2n) is 5.26. The molecule has 1 atom stereocenters. The van der Waals surface area contributed by atoms with E-state index in [-0.39, 0.29) is 12.0 Å². The van der Waals surface area contributed by atoms with Crippen LogP contribution in [0.4, 0.5) is 0 Å². The van der Waals surface area contributed by atoms with Gasteiger partial charge in [0.2, 0.25) is 0 Å². The van der Waals surface area contributed by atoms with Crippen LogP contribution < -0.4 is 0 Å². The van der Waals surface area contributed by atoms with E-state index in [0.717, 1.165) is 19.4 Å². The molecule has 1 N–H and O–H groups in total. The molecule has 0 spiro atoms. The van der Waals surface area contributed by atoms with E-state index in [4.69, 9.17) is 5.11 Å². The Hall–Kier alpha value is -0.570. The standard InChI is InChI=1S/C12H23NO2/c1-4-8-13(9-11(14)15)10-6-5-7-12(10,2)3/h10H,4-9H2,1-3H3,(H,14,15). The lowest BCUT2D eigenvalue weighted by Gasteiger charge is -2.36. The Bertz CT molecular complexity index is 226. The summed E-state index contributed by atoms with van der Waals surface area (Å²) in [5.41, 5.74) is 0.282. The molecular weight excluding hydrogens is 190 g/mol. The van der Waals surface area contributed by atoms with Crippen molar-refractivity contribution < 1.29 is 9.90 Å². The lowest BCUT2D eigenvalue weighted by atomic mass is 9.86. The Morgan fingerprint density at radius 3 is 2.60 bits per heavy atom. The summed E-state index contributed by atoms with van der Waals surface area (Å²) in [6, 6.07) is 0.452. The van der Waals surface area contributed by atoms with Crippen molar-refractivity contribution in [3.8, 4) is 0 Å². The van der Waals surface area contributed by atoms with Gasteiger partial charge in [0, 0.05) is 6.04 Å². The fourth-order valence-corrected chi connectivity index (χ4v) is 2.79. The normalized spacial score (nSPS) is 24.7. The SMILES string of the molecule is CCCN(CC(=O)O)C1CCCC1(C)C. The molecule has 0 aromatic carbocycles. The third-order valence-electron chi connectivity index (χ3n) is 3.49. The molecule has 1 unspecified atom stereocenters. The van der Waals surface area contributed by atoms with Crippen LogP contribution in [-0.2, 0) is 4.79 Å².